The molecule has 1 N–H and O–H groups in total. The van der Waals surface area contributed by atoms with E-state index in [0.29, 0.717) is 17.2 Å². The Morgan fingerprint density at radius 2 is 1.44 bits per heavy atom. The molecule has 2 aliphatic rings. The van der Waals surface area contributed by atoms with Gasteiger partial charge in [-0.25, -0.2) is 0 Å². The summed E-state index contributed by atoms with van der Waals surface area (Å²) in [4.78, 5) is 29.1. The van der Waals surface area contributed by atoms with Gasteiger partial charge in [-0.1, -0.05) is 25.7 Å². The van der Waals surface area contributed by atoms with Gasteiger partial charge in [-0.2, -0.15) is 0 Å². The van der Waals surface area contributed by atoms with Gasteiger partial charge in [0, 0.05) is 43.3 Å². The molecular weight excluding hydrogens is 314 g/mol. The number of benzene rings is 1. The van der Waals surface area contributed by atoms with E-state index in [0.717, 1.165) is 39.0 Å². The molecule has 0 radical (unpaired) electrons. The van der Waals surface area contributed by atoms with Gasteiger partial charge in [0.1, 0.15) is 0 Å². The average Bonchev–Trinajstić information content (AvgIpc) is 2.90. The third kappa shape index (κ3) is 4.82. The lowest BCUT2D eigenvalue weighted by Gasteiger charge is -2.32. The van der Waals surface area contributed by atoms with Crippen LogP contribution in [0.25, 0.3) is 0 Å². The van der Waals surface area contributed by atoms with E-state index < -0.39 is 0 Å². The SMILES string of the molecule is CN1CCN(C(=O)c2ccc(C(=O)NC3CCCCCC3)cc2)CC1. The molecule has 0 unspecified atom stereocenters. The number of nitrogens with zero attached hydrogens (tertiary/aromatic N) is 2. The zero-order chi connectivity index (χ0) is 17.6. The van der Waals surface area contributed by atoms with Gasteiger partial charge in [0.25, 0.3) is 11.8 Å². The van der Waals surface area contributed by atoms with Crippen LogP contribution in [-0.2, 0) is 0 Å². The molecule has 25 heavy (non-hydrogen) atoms. The lowest BCUT2D eigenvalue weighted by molar-refractivity contribution is 0.0663. The van der Waals surface area contributed by atoms with Gasteiger partial charge >= 0.3 is 0 Å². The molecule has 1 saturated carbocycles. The van der Waals surface area contributed by atoms with Crippen LogP contribution in [0.15, 0.2) is 24.3 Å². The fourth-order valence-electron chi connectivity index (χ4n) is 3.65. The van der Waals surface area contributed by atoms with E-state index in [1.165, 1.54) is 25.7 Å². The molecule has 1 aromatic rings. The normalized spacial score (nSPS) is 20.1. The van der Waals surface area contributed by atoms with Crippen molar-refractivity contribution < 1.29 is 9.59 Å². The maximum absolute atomic E-state index is 12.5. The lowest BCUT2D eigenvalue weighted by Crippen LogP contribution is -2.47. The van der Waals surface area contributed by atoms with Crippen molar-refractivity contribution in [1.29, 1.82) is 0 Å². The quantitative estimate of drug-likeness (QED) is 0.858. The Balaban J connectivity index is 1.57. The summed E-state index contributed by atoms with van der Waals surface area (Å²) in [5.41, 5.74) is 1.30. The highest BCUT2D eigenvalue weighted by atomic mass is 16.2. The lowest BCUT2D eigenvalue weighted by atomic mass is 10.1. The molecule has 5 heteroatoms. The second-order valence-corrected chi connectivity index (χ2v) is 7.33. The summed E-state index contributed by atoms with van der Waals surface area (Å²) >= 11 is 0. The summed E-state index contributed by atoms with van der Waals surface area (Å²) in [7, 11) is 2.07. The van der Waals surface area contributed by atoms with Crippen molar-refractivity contribution in [2.75, 3.05) is 33.2 Å². The number of nitrogens with one attached hydrogen (secondary N) is 1. The first-order chi connectivity index (χ1) is 12.1. The number of likely N-dealkylation sites (N-methyl/N-ethyl adjacent to an activating group) is 1. The summed E-state index contributed by atoms with van der Waals surface area (Å²) < 4.78 is 0. The van der Waals surface area contributed by atoms with Crippen molar-refractivity contribution in [3.05, 3.63) is 35.4 Å². The Hall–Kier alpha value is -1.88. The monoisotopic (exact) mass is 343 g/mol. The highest BCUT2D eigenvalue weighted by Crippen LogP contribution is 2.18. The molecule has 0 aromatic heterocycles. The summed E-state index contributed by atoms with van der Waals surface area (Å²) in [6.07, 6.45) is 7.09. The second-order valence-electron chi connectivity index (χ2n) is 7.33. The molecule has 5 nitrogen and oxygen atoms in total. The van der Waals surface area contributed by atoms with Crippen LogP contribution in [0.5, 0.6) is 0 Å². The van der Waals surface area contributed by atoms with E-state index in [2.05, 4.69) is 17.3 Å². The Labute approximate surface area is 150 Å². The smallest absolute Gasteiger partial charge is 0.253 e. The van der Waals surface area contributed by atoms with Crippen LogP contribution in [0.3, 0.4) is 0 Å². The number of hydrogen-bond acceptors (Lipinski definition) is 3. The van der Waals surface area contributed by atoms with Crippen LogP contribution in [0.1, 0.15) is 59.2 Å². The van der Waals surface area contributed by atoms with Gasteiger partial charge in [0.05, 0.1) is 0 Å². The number of piperazine rings is 1. The molecule has 136 valence electrons. The van der Waals surface area contributed by atoms with Crippen LogP contribution in [-0.4, -0.2) is 60.9 Å². The molecular formula is C20H29N3O2. The number of amides is 2. The Morgan fingerprint density at radius 3 is 2.04 bits per heavy atom. The highest BCUT2D eigenvalue weighted by Gasteiger charge is 2.21. The van der Waals surface area contributed by atoms with Crippen molar-refractivity contribution in [1.82, 2.24) is 15.1 Å². The maximum atomic E-state index is 12.5. The Kier molecular flexibility index (Phi) is 6.08. The van der Waals surface area contributed by atoms with Gasteiger partial charge in [-0.15, -0.1) is 0 Å². The molecule has 0 atom stereocenters. The molecule has 1 saturated heterocycles. The topological polar surface area (TPSA) is 52.7 Å². The fourth-order valence-corrected chi connectivity index (χ4v) is 3.65. The van der Waals surface area contributed by atoms with Crippen LogP contribution < -0.4 is 5.32 Å². The molecule has 3 rings (SSSR count). The van der Waals surface area contributed by atoms with E-state index in [1.807, 2.05) is 4.90 Å². The van der Waals surface area contributed by atoms with E-state index in [4.69, 9.17) is 0 Å². The predicted octanol–water partition coefficient (Wildman–Crippen LogP) is 2.53. The van der Waals surface area contributed by atoms with Crippen LogP contribution in [0.4, 0.5) is 0 Å². The summed E-state index contributed by atoms with van der Waals surface area (Å²) in [5.74, 6) is 0.0364. The molecule has 2 amide bonds. The van der Waals surface area contributed by atoms with Crippen molar-refractivity contribution >= 4 is 11.8 Å². The maximum Gasteiger partial charge on any atom is 0.253 e. The van der Waals surface area contributed by atoms with Gasteiger partial charge in [-0.05, 0) is 44.2 Å². The number of carbonyl (C=O) groups is 2. The molecule has 0 spiro atoms. The molecule has 0 bridgehead atoms. The molecule has 1 aliphatic heterocycles. The zero-order valence-electron chi connectivity index (χ0n) is 15.2. The number of carbonyl (C=O) groups excluding carboxylic acids is 2. The third-order valence-corrected chi connectivity index (χ3v) is 5.37. The fraction of sp³-hybridized carbons (Fsp3) is 0.600. The minimum Gasteiger partial charge on any atom is -0.349 e. The Morgan fingerprint density at radius 1 is 0.880 bits per heavy atom. The van der Waals surface area contributed by atoms with Gasteiger partial charge in [0.2, 0.25) is 0 Å². The first-order valence-corrected chi connectivity index (χ1v) is 9.52. The molecule has 2 fully saturated rings. The first-order valence-electron chi connectivity index (χ1n) is 9.52. The van der Waals surface area contributed by atoms with Crippen LogP contribution in [0.2, 0.25) is 0 Å². The average molecular weight is 343 g/mol. The second kappa shape index (κ2) is 8.48. The van der Waals surface area contributed by atoms with E-state index >= 15 is 0 Å². The first kappa shape index (κ1) is 17.9. The van der Waals surface area contributed by atoms with E-state index in [9.17, 15) is 9.59 Å². The van der Waals surface area contributed by atoms with Crippen LogP contribution in [0, 0.1) is 0 Å². The summed E-state index contributed by atoms with van der Waals surface area (Å²) in [5, 5.41) is 3.15. The molecule has 1 aromatic carbocycles. The molecule has 1 aliphatic carbocycles. The number of rotatable bonds is 3. The minimum atomic E-state index is -0.0227. The van der Waals surface area contributed by atoms with Crippen molar-refractivity contribution in [3.63, 3.8) is 0 Å². The van der Waals surface area contributed by atoms with Gasteiger partial charge < -0.3 is 15.1 Å². The van der Waals surface area contributed by atoms with Crippen LogP contribution >= 0.6 is 0 Å². The predicted molar refractivity (Wildman–Crippen MR) is 98.8 cm³/mol. The standard InChI is InChI=1S/C20H29N3O2/c1-22-12-14-23(15-13-22)20(25)17-10-8-16(9-11-17)19(24)21-18-6-4-2-3-5-7-18/h8-11,18H,2-7,12-15H2,1H3,(H,21,24). The summed E-state index contributed by atoms with van der Waals surface area (Å²) in [6.45, 7) is 3.35. The van der Waals surface area contributed by atoms with Crippen molar-refractivity contribution in [3.8, 4) is 0 Å². The minimum absolute atomic E-state index is 0.0227. The van der Waals surface area contributed by atoms with Gasteiger partial charge in [-0.3, -0.25) is 9.59 Å². The largest absolute Gasteiger partial charge is 0.349 e. The van der Waals surface area contributed by atoms with Crippen molar-refractivity contribution in [2.45, 2.75) is 44.6 Å². The number of hydrogen-bond donors (Lipinski definition) is 1. The summed E-state index contributed by atoms with van der Waals surface area (Å²) in [6, 6.07) is 7.40. The highest BCUT2D eigenvalue weighted by molar-refractivity contribution is 5.98. The molecule has 1 heterocycles. The van der Waals surface area contributed by atoms with E-state index in [1.54, 1.807) is 24.3 Å². The van der Waals surface area contributed by atoms with E-state index in [-0.39, 0.29) is 11.8 Å². The van der Waals surface area contributed by atoms with Gasteiger partial charge in [0.15, 0.2) is 0 Å². The third-order valence-electron chi connectivity index (χ3n) is 5.37. The zero-order valence-corrected chi connectivity index (χ0v) is 15.2. The Bertz CT molecular complexity index is 583. The van der Waals surface area contributed by atoms with Crippen molar-refractivity contribution in [2.24, 2.45) is 0 Å².